The van der Waals surface area contributed by atoms with Crippen molar-refractivity contribution in [2.45, 2.75) is 18.6 Å². The molecule has 9 heteroatoms. The molecular formula is C19H17ClN4O3S. The molecule has 0 aliphatic rings. The molecule has 0 radical (unpaired) electrons. The molecule has 1 heterocycles. The summed E-state index contributed by atoms with van der Waals surface area (Å²) in [5.74, 6) is -0.360. The first kappa shape index (κ1) is 19.9. The molecule has 3 rings (SSSR count). The number of nitrogens with one attached hydrogen (secondary N) is 1. The maximum Gasteiger partial charge on any atom is 0.335 e. The van der Waals surface area contributed by atoms with Gasteiger partial charge in [-0.3, -0.25) is 4.79 Å². The molecule has 2 aromatic carbocycles. The molecule has 0 aliphatic carbocycles. The zero-order valence-corrected chi connectivity index (χ0v) is 16.5. The second kappa shape index (κ2) is 8.90. The van der Waals surface area contributed by atoms with Gasteiger partial charge in [-0.05, 0) is 55.5 Å². The predicted octanol–water partition coefficient (Wildman–Crippen LogP) is 4.05. The number of aromatic nitrogens is 3. The smallest absolute Gasteiger partial charge is 0.335 e. The van der Waals surface area contributed by atoms with Gasteiger partial charge in [-0.15, -0.1) is 10.2 Å². The van der Waals surface area contributed by atoms with Gasteiger partial charge >= 0.3 is 5.97 Å². The Morgan fingerprint density at radius 2 is 1.79 bits per heavy atom. The SMILES string of the molecule is CCn1c(SCC(=O)Nc2ccc(C(=O)O)cc2)nnc1-c1ccc(Cl)cc1. The van der Waals surface area contributed by atoms with E-state index in [0.717, 1.165) is 5.56 Å². The van der Waals surface area contributed by atoms with Crippen molar-refractivity contribution in [2.75, 3.05) is 11.1 Å². The number of thioether (sulfide) groups is 1. The maximum absolute atomic E-state index is 12.2. The third-order valence-electron chi connectivity index (χ3n) is 3.88. The van der Waals surface area contributed by atoms with Gasteiger partial charge in [0.25, 0.3) is 0 Å². The highest BCUT2D eigenvalue weighted by Crippen LogP contribution is 2.25. The molecule has 0 spiro atoms. The Labute approximate surface area is 170 Å². The number of rotatable bonds is 7. The van der Waals surface area contributed by atoms with Crippen molar-refractivity contribution in [1.29, 1.82) is 0 Å². The van der Waals surface area contributed by atoms with Crippen LogP contribution in [-0.2, 0) is 11.3 Å². The summed E-state index contributed by atoms with van der Waals surface area (Å²) in [6.45, 7) is 2.64. The summed E-state index contributed by atoms with van der Waals surface area (Å²) in [5.41, 5.74) is 1.60. The molecule has 0 atom stereocenters. The first-order valence-electron chi connectivity index (χ1n) is 8.43. The molecule has 1 aromatic heterocycles. The summed E-state index contributed by atoms with van der Waals surface area (Å²) in [7, 11) is 0. The molecule has 7 nitrogen and oxygen atoms in total. The first-order chi connectivity index (χ1) is 13.5. The van der Waals surface area contributed by atoms with E-state index in [9.17, 15) is 9.59 Å². The number of halogens is 1. The minimum atomic E-state index is -1.01. The van der Waals surface area contributed by atoms with Crippen LogP contribution in [0.5, 0.6) is 0 Å². The van der Waals surface area contributed by atoms with E-state index in [1.54, 1.807) is 24.3 Å². The molecule has 0 saturated heterocycles. The molecule has 2 N–H and O–H groups in total. The van der Waals surface area contributed by atoms with Crippen LogP contribution in [0.25, 0.3) is 11.4 Å². The van der Waals surface area contributed by atoms with Gasteiger partial charge in [0, 0.05) is 22.8 Å². The minimum Gasteiger partial charge on any atom is -0.478 e. The number of nitrogens with zero attached hydrogens (tertiary/aromatic N) is 3. The third kappa shape index (κ3) is 4.71. The molecule has 0 aliphatic heterocycles. The monoisotopic (exact) mass is 416 g/mol. The van der Waals surface area contributed by atoms with Crippen molar-refractivity contribution in [1.82, 2.24) is 14.8 Å². The fourth-order valence-electron chi connectivity index (χ4n) is 2.52. The van der Waals surface area contributed by atoms with E-state index >= 15 is 0 Å². The maximum atomic E-state index is 12.2. The molecule has 0 unspecified atom stereocenters. The van der Waals surface area contributed by atoms with E-state index in [0.29, 0.717) is 28.2 Å². The Kier molecular flexibility index (Phi) is 6.33. The van der Waals surface area contributed by atoms with Gasteiger partial charge in [-0.2, -0.15) is 0 Å². The van der Waals surface area contributed by atoms with E-state index in [1.807, 2.05) is 23.6 Å². The zero-order chi connectivity index (χ0) is 20.1. The lowest BCUT2D eigenvalue weighted by Gasteiger charge is -2.08. The van der Waals surface area contributed by atoms with E-state index in [-0.39, 0.29) is 17.2 Å². The summed E-state index contributed by atoms with van der Waals surface area (Å²) >= 11 is 7.22. The van der Waals surface area contributed by atoms with E-state index in [2.05, 4.69) is 15.5 Å². The molecule has 1 amide bonds. The van der Waals surface area contributed by atoms with Crippen LogP contribution in [0.4, 0.5) is 5.69 Å². The highest BCUT2D eigenvalue weighted by molar-refractivity contribution is 7.99. The van der Waals surface area contributed by atoms with Gasteiger partial charge in [-0.25, -0.2) is 4.79 Å². The number of carboxylic acid groups (broad SMARTS) is 1. The van der Waals surface area contributed by atoms with Crippen LogP contribution in [0.15, 0.2) is 53.7 Å². The van der Waals surface area contributed by atoms with Crippen molar-refractivity contribution in [3.8, 4) is 11.4 Å². The Balaban J connectivity index is 1.64. The van der Waals surface area contributed by atoms with Crippen molar-refractivity contribution in [3.05, 3.63) is 59.1 Å². The summed E-state index contributed by atoms with van der Waals surface area (Å²) in [6.07, 6.45) is 0. The number of carbonyl (C=O) groups is 2. The summed E-state index contributed by atoms with van der Waals surface area (Å²) in [4.78, 5) is 23.1. The van der Waals surface area contributed by atoms with Crippen molar-refractivity contribution < 1.29 is 14.7 Å². The minimum absolute atomic E-state index is 0.152. The van der Waals surface area contributed by atoms with Crippen molar-refractivity contribution in [2.24, 2.45) is 0 Å². The fraction of sp³-hybridized carbons (Fsp3) is 0.158. The summed E-state index contributed by atoms with van der Waals surface area (Å²) in [6, 6.07) is 13.3. The van der Waals surface area contributed by atoms with Crippen LogP contribution < -0.4 is 5.32 Å². The van der Waals surface area contributed by atoms with E-state index in [1.165, 1.54) is 23.9 Å². The lowest BCUT2D eigenvalue weighted by Crippen LogP contribution is -2.14. The summed E-state index contributed by atoms with van der Waals surface area (Å²) in [5, 5.41) is 21.4. The molecule has 28 heavy (non-hydrogen) atoms. The molecule has 3 aromatic rings. The Morgan fingerprint density at radius 3 is 2.39 bits per heavy atom. The molecule has 0 fully saturated rings. The molecule has 0 bridgehead atoms. The zero-order valence-electron chi connectivity index (χ0n) is 14.9. The average molecular weight is 417 g/mol. The van der Waals surface area contributed by atoms with Crippen LogP contribution in [0.3, 0.4) is 0 Å². The number of amides is 1. The van der Waals surface area contributed by atoms with Gasteiger partial charge < -0.3 is 15.0 Å². The molecular weight excluding hydrogens is 400 g/mol. The van der Waals surface area contributed by atoms with Crippen molar-refractivity contribution >= 4 is 40.9 Å². The van der Waals surface area contributed by atoms with Crippen LogP contribution in [0.2, 0.25) is 5.02 Å². The number of hydrogen-bond donors (Lipinski definition) is 2. The van der Waals surface area contributed by atoms with Gasteiger partial charge in [0.1, 0.15) is 0 Å². The topological polar surface area (TPSA) is 97.1 Å². The standard InChI is InChI=1S/C19H17ClN4O3S/c1-2-24-17(12-3-7-14(20)8-4-12)22-23-19(24)28-11-16(25)21-15-9-5-13(6-10-15)18(26)27/h3-10H,2,11H2,1H3,(H,21,25)(H,26,27). The average Bonchev–Trinajstić information content (AvgIpc) is 3.10. The van der Waals surface area contributed by atoms with Gasteiger partial charge in [0.15, 0.2) is 11.0 Å². The van der Waals surface area contributed by atoms with Gasteiger partial charge in [0.2, 0.25) is 5.91 Å². The normalized spacial score (nSPS) is 10.6. The Morgan fingerprint density at radius 1 is 1.11 bits per heavy atom. The number of anilines is 1. The van der Waals surface area contributed by atoms with Crippen LogP contribution >= 0.6 is 23.4 Å². The Bertz CT molecular complexity index is 987. The molecule has 0 saturated carbocycles. The number of hydrogen-bond acceptors (Lipinski definition) is 5. The second-order valence-electron chi connectivity index (χ2n) is 5.78. The quantitative estimate of drug-likeness (QED) is 0.564. The highest BCUT2D eigenvalue weighted by Gasteiger charge is 2.15. The second-order valence-corrected chi connectivity index (χ2v) is 7.16. The lowest BCUT2D eigenvalue weighted by atomic mass is 10.2. The van der Waals surface area contributed by atoms with E-state index < -0.39 is 5.97 Å². The van der Waals surface area contributed by atoms with Crippen LogP contribution in [-0.4, -0.2) is 37.5 Å². The van der Waals surface area contributed by atoms with Gasteiger partial charge in [-0.1, -0.05) is 23.4 Å². The lowest BCUT2D eigenvalue weighted by molar-refractivity contribution is -0.113. The fourth-order valence-corrected chi connectivity index (χ4v) is 3.44. The number of aromatic carboxylic acids is 1. The predicted molar refractivity (Wildman–Crippen MR) is 109 cm³/mol. The molecule has 144 valence electrons. The number of carbonyl (C=O) groups excluding carboxylic acids is 1. The summed E-state index contributed by atoms with van der Waals surface area (Å²) < 4.78 is 1.93. The highest BCUT2D eigenvalue weighted by atomic mass is 35.5. The first-order valence-corrected chi connectivity index (χ1v) is 9.79. The number of benzene rings is 2. The van der Waals surface area contributed by atoms with Crippen LogP contribution in [0, 0.1) is 0 Å². The van der Waals surface area contributed by atoms with Crippen LogP contribution in [0.1, 0.15) is 17.3 Å². The van der Waals surface area contributed by atoms with Crippen molar-refractivity contribution in [3.63, 3.8) is 0 Å². The number of carboxylic acids is 1. The largest absolute Gasteiger partial charge is 0.478 e. The van der Waals surface area contributed by atoms with Gasteiger partial charge in [0.05, 0.1) is 11.3 Å². The Hall–Kier alpha value is -2.84. The third-order valence-corrected chi connectivity index (χ3v) is 5.10. The van der Waals surface area contributed by atoms with E-state index in [4.69, 9.17) is 16.7 Å².